The number of aromatic nitrogens is 2. The Morgan fingerprint density at radius 3 is 2.58 bits per heavy atom. The minimum atomic E-state index is -0.663. The monoisotopic (exact) mass is 350 g/mol. The van der Waals surface area contributed by atoms with Crippen molar-refractivity contribution in [3.63, 3.8) is 0 Å². The number of amides is 2. The van der Waals surface area contributed by atoms with Crippen molar-refractivity contribution in [2.45, 2.75) is 26.8 Å². The van der Waals surface area contributed by atoms with Crippen LogP contribution in [0.1, 0.15) is 29.8 Å². The highest BCUT2D eigenvalue weighted by Gasteiger charge is 2.25. The van der Waals surface area contributed by atoms with Crippen LogP contribution < -0.4 is 10.7 Å². The molecule has 0 bridgehead atoms. The van der Waals surface area contributed by atoms with Gasteiger partial charge in [-0.1, -0.05) is 43.7 Å². The van der Waals surface area contributed by atoms with Crippen LogP contribution in [0.4, 0.5) is 0 Å². The van der Waals surface area contributed by atoms with E-state index in [2.05, 4.69) is 15.7 Å². The number of benzene rings is 2. The van der Waals surface area contributed by atoms with Gasteiger partial charge in [-0.25, -0.2) is 9.66 Å². The van der Waals surface area contributed by atoms with E-state index in [1.165, 1.54) is 0 Å². The lowest BCUT2D eigenvalue weighted by atomic mass is 10.0. The molecular weight excluding hydrogens is 328 g/mol. The molecule has 0 aliphatic carbocycles. The lowest BCUT2D eigenvalue weighted by Crippen LogP contribution is -2.48. The topological polar surface area (TPSA) is 76.0 Å². The maximum Gasteiger partial charge on any atom is 0.261 e. The van der Waals surface area contributed by atoms with Gasteiger partial charge in [0.25, 0.3) is 11.8 Å². The molecule has 6 heteroatoms. The second-order valence-electron chi connectivity index (χ2n) is 6.64. The second kappa shape index (κ2) is 7.39. The number of imidazole rings is 1. The average Bonchev–Trinajstić information content (AvgIpc) is 3.02. The van der Waals surface area contributed by atoms with E-state index >= 15 is 0 Å². The molecule has 0 aliphatic heterocycles. The van der Waals surface area contributed by atoms with E-state index in [9.17, 15) is 9.59 Å². The van der Waals surface area contributed by atoms with Crippen molar-refractivity contribution < 1.29 is 9.59 Å². The lowest BCUT2D eigenvalue weighted by molar-refractivity contribution is -0.119. The molecule has 1 unspecified atom stereocenters. The third-order valence-corrected chi connectivity index (χ3v) is 4.20. The Morgan fingerprint density at radius 1 is 1.08 bits per heavy atom. The maximum atomic E-state index is 12.8. The Hall–Kier alpha value is -3.15. The van der Waals surface area contributed by atoms with E-state index in [1.54, 1.807) is 23.1 Å². The molecule has 0 saturated heterocycles. The molecule has 0 spiro atoms. The highest BCUT2D eigenvalue weighted by molar-refractivity contribution is 5.99. The Labute approximate surface area is 152 Å². The van der Waals surface area contributed by atoms with Crippen LogP contribution in [0.15, 0.2) is 54.9 Å². The quantitative estimate of drug-likeness (QED) is 0.743. The van der Waals surface area contributed by atoms with Crippen molar-refractivity contribution >= 4 is 22.8 Å². The molecule has 1 atom stereocenters. The van der Waals surface area contributed by atoms with Gasteiger partial charge >= 0.3 is 0 Å². The van der Waals surface area contributed by atoms with Gasteiger partial charge in [-0.2, -0.15) is 0 Å². The lowest BCUT2D eigenvalue weighted by Gasteiger charge is -2.22. The summed E-state index contributed by atoms with van der Waals surface area (Å²) in [4.78, 5) is 29.5. The fraction of sp³-hybridized carbons (Fsp3) is 0.250. The fourth-order valence-corrected chi connectivity index (χ4v) is 2.78. The maximum absolute atomic E-state index is 12.8. The van der Waals surface area contributed by atoms with E-state index < -0.39 is 6.04 Å². The summed E-state index contributed by atoms with van der Waals surface area (Å²) in [6.07, 6.45) is 1.56. The molecule has 0 saturated carbocycles. The van der Waals surface area contributed by atoms with Crippen LogP contribution in [-0.4, -0.2) is 27.5 Å². The van der Waals surface area contributed by atoms with Crippen molar-refractivity contribution in [1.29, 1.82) is 0 Å². The Morgan fingerprint density at radius 2 is 1.85 bits per heavy atom. The predicted octanol–water partition coefficient (Wildman–Crippen LogP) is 2.87. The summed E-state index contributed by atoms with van der Waals surface area (Å²) < 4.78 is 1.58. The number of fused-ring (bicyclic) bond motifs is 1. The highest BCUT2D eigenvalue weighted by Crippen LogP contribution is 2.12. The number of carbonyl (C=O) groups is 2. The molecule has 6 nitrogen and oxygen atoms in total. The van der Waals surface area contributed by atoms with E-state index in [1.807, 2.05) is 57.2 Å². The third kappa shape index (κ3) is 3.74. The zero-order chi connectivity index (χ0) is 18.7. The van der Waals surface area contributed by atoms with Crippen LogP contribution in [-0.2, 0) is 4.79 Å². The molecule has 1 heterocycles. The van der Waals surface area contributed by atoms with Crippen molar-refractivity contribution in [1.82, 2.24) is 15.0 Å². The fourth-order valence-electron chi connectivity index (χ4n) is 2.78. The minimum absolute atomic E-state index is 0.0708. The number of aryl methyl sites for hydroxylation is 1. The molecular formula is C20H22N4O2. The number of hydrogen-bond acceptors (Lipinski definition) is 3. The second-order valence-corrected chi connectivity index (χ2v) is 6.64. The number of hydrogen-bond donors (Lipinski definition) is 2. The van der Waals surface area contributed by atoms with Gasteiger partial charge in [0.15, 0.2) is 0 Å². The number of nitrogens with zero attached hydrogens (tertiary/aromatic N) is 2. The SMILES string of the molecule is Cc1cccc(C(=O)NC(C(=O)Nn2cnc3ccccc32)C(C)C)c1. The van der Waals surface area contributed by atoms with Gasteiger partial charge in [-0.3, -0.25) is 15.0 Å². The van der Waals surface area contributed by atoms with Gasteiger partial charge in [0.1, 0.15) is 12.4 Å². The van der Waals surface area contributed by atoms with Crippen molar-refractivity contribution in [3.8, 4) is 0 Å². The van der Waals surface area contributed by atoms with Crippen molar-refractivity contribution in [2.75, 3.05) is 5.43 Å². The van der Waals surface area contributed by atoms with Crippen molar-refractivity contribution in [2.24, 2.45) is 5.92 Å². The van der Waals surface area contributed by atoms with Gasteiger partial charge in [-0.15, -0.1) is 0 Å². The summed E-state index contributed by atoms with van der Waals surface area (Å²) in [5, 5.41) is 2.84. The molecule has 0 aliphatic rings. The largest absolute Gasteiger partial charge is 0.340 e. The first-order valence-corrected chi connectivity index (χ1v) is 8.56. The van der Waals surface area contributed by atoms with E-state index in [0.29, 0.717) is 5.56 Å². The van der Waals surface area contributed by atoms with Crippen LogP contribution in [0.3, 0.4) is 0 Å². The molecule has 3 rings (SSSR count). The molecule has 134 valence electrons. The number of rotatable bonds is 5. The Kier molecular flexibility index (Phi) is 5.02. The first-order valence-electron chi connectivity index (χ1n) is 8.56. The Bertz CT molecular complexity index is 946. The van der Waals surface area contributed by atoms with E-state index in [-0.39, 0.29) is 17.7 Å². The van der Waals surface area contributed by atoms with E-state index in [0.717, 1.165) is 16.6 Å². The molecule has 2 aromatic carbocycles. The van der Waals surface area contributed by atoms with Crippen LogP contribution >= 0.6 is 0 Å². The molecule has 0 radical (unpaired) electrons. The molecule has 26 heavy (non-hydrogen) atoms. The molecule has 3 aromatic rings. The summed E-state index contributed by atoms with van der Waals surface area (Å²) in [6.45, 7) is 5.72. The van der Waals surface area contributed by atoms with Gasteiger partial charge in [0.05, 0.1) is 11.0 Å². The van der Waals surface area contributed by atoms with Gasteiger partial charge in [0.2, 0.25) is 0 Å². The zero-order valence-corrected chi connectivity index (χ0v) is 15.1. The van der Waals surface area contributed by atoms with Gasteiger partial charge in [-0.05, 0) is 37.1 Å². The molecule has 1 aromatic heterocycles. The normalized spacial score (nSPS) is 12.2. The van der Waals surface area contributed by atoms with Crippen LogP contribution in [0.2, 0.25) is 0 Å². The first-order chi connectivity index (χ1) is 12.5. The molecule has 0 fully saturated rings. The standard InChI is InChI=1S/C20H22N4O2/c1-13(2)18(22-19(25)15-8-6-7-14(3)11-15)20(26)23-24-12-21-16-9-4-5-10-17(16)24/h4-13,18H,1-3H3,(H,22,25)(H,23,26). The Balaban J connectivity index is 1.77. The minimum Gasteiger partial charge on any atom is -0.340 e. The van der Waals surface area contributed by atoms with Gasteiger partial charge in [0, 0.05) is 5.56 Å². The highest BCUT2D eigenvalue weighted by atomic mass is 16.2. The molecule has 2 N–H and O–H groups in total. The summed E-state index contributed by atoms with van der Waals surface area (Å²) >= 11 is 0. The molecule has 2 amide bonds. The number of nitrogens with one attached hydrogen (secondary N) is 2. The third-order valence-electron chi connectivity index (χ3n) is 4.20. The number of carbonyl (C=O) groups excluding carboxylic acids is 2. The van der Waals surface area contributed by atoms with Crippen LogP contribution in [0, 0.1) is 12.8 Å². The predicted molar refractivity (Wildman–Crippen MR) is 101 cm³/mol. The first kappa shape index (κ1) is 17.7. The summed E-state index contributed by atoms with van der Waals surface area (Å²) in [6, 6.07) is 14.1. The van der Waals surface area contributed by atoms with Crippen LogP contribution in [0.25, 0.3) is 11.0 Å². The average molecular weight is 350 g/mol. The van der Waals surface area contributed by atoms with Crippen molar-refractivity contribution in [3.05, 3.63) is 66.0 Å². The number of para-hydroxylation sites is 2. The zero-order valence-electron chi connectivity index (χ0n) is 15.1. The summed E-state index contributed by atoms with van der Waals surface area (Å²) in [5.41, 5.74) is 5.94. The van der Waals surface area contributed by atoms with Gasteiger partial charge < -0.3 is 5.32 Å². The summed E-state index contributed by atoms with van der Waals surface area (Å²) in [7, 11) is 0. The van der Waals surface area contributed by atoms with E-state index in [4.69, 9.17) is 0 Å². The summed E-state index contributed by atoms with van der Waals surface area (Å²) in [5.74, 6) is -0.624. The van der Waals surface area contributed by atoms with Crippen LogP contribution in [0.5, 0.6) is 0 Å². The smallest absolute Gasteiger partial charge is 0.261 e.